The highest BCUT2D eigenvalue weighted by atomic mass is 35.5. The standard InChI is InChI=1S/C21H18ClN3/c22-18-11-7-16(8-12-18)14-25-20-4-2-1-3-19(20)24-21(25)17-9-5-15(13-23)6-10-17/h1-12H,13-14,23H2. The fourth-order valence-corrected chi connectivity index (χ4v) is 3.14. The van der Waals surface area contributed by atoms with E-state index in [1.165, 1.54) is 5.56 Å². The number of rotatable bonds is 4. The Bertz CT molecular complexity index is 1000. The van der Waals surface area contributed by atoms with Gasteiger partial charge in [-0.15, -0.1) is 0 Å². The molecule has 0 atom stereocenters. The van der Waals surface area contributed by atoms with E-state index in [1.54, 1.807) is 0 Å². The molecule has 0 aliphatic carbocycles. The highest BCUT2D eigenvalue weighted by Crippen LogP contribution is 2.26. The van der Waals surface area contributed by atoms with Crippen molar-refractivity contribution in [3.63, 3.8) is 0 Å². The fourth-order valence-electron chi connectivity index (χ4n) is 3.02. The number of para-hydroxylation sites is 2. The van der Waals surface area contributed by atoms with Crippen LogP contribution in [0.15, 0.2) is 72.8 Å². The minimum Gasteiger partial charge on any atom is -0.326 e. The van der Waals surface area contributed by atoms with Crippen LogP contribution in [0.25, 0.3) is 22.4 Å². The molecule has 0 saturated heterocycles. The fraction of sp³-hybridized carbons (Fsp3) is 0.0952. The molecule has 4 aromatic rings. The predicted octanol–water partition coefficient (Wildman–Crippen LogP) is 4.86. The average molecular weight is 348 g/mol. The van der Waals surface area contributed by atoms with Gasteiger partial charge in [0.05, 0.1) is 11.0 Å². The Morgan fingerprint density at radius 2 is 1.52 bits per heavy atom. The summed E-state index contributed by atoms with van der Waals surface area (Å²) in [6, 6.07) is 24.5. The Hall–Kier alpha value is -2.62. The molecule has 1 aromatic heterocycles. The summed E-state index contributed by atoms with van der Waals surface area (Å²) in [6.45, 7) is 1.28. The van der Waals surface area contributed by atoms with Crippen molar-refractivity contribution < 1.29 is 0 Å². The first kappa shape index (κ1) is 15.9. The predicted molar refractivity (Wildman–Crippen MR) is 104 cm³/mol. The molecule has 4 rings (SSSR count). The maximum absolute atomic E-state index is 6.01. The van der Waals surface area contributed by atoms with Gasteiger partial charge in [0.1, 0.15) is 5.82 Å². The first-order valence-corrected chi connectivity index (χ1v) is 8.61. The van der Waals surface area contributed by atoms with Crippen LogP contribution in [0.3, 0.4) is 0 Å². The lowest BCUT2D eigenvalue weighted by Gasteiger charge is -2.10. The Morgan fingerprint density at radius 1 is 0.840 bits per heavy atom. The third kappa shape index (κ3) is 3.16. The number of imidazole rings is 1. The minimum absolute atomic E-state index is 0.543. The van der Waals surface area contributed by atoms with Gasteiger partial charge >= 0.3 is 0 Å². The quantitative estimate of drug-likeness (QED) is 0.572. The third-order valence-electron chi connectivity index (χ3n) is 4.36. The lowest BCUT2D eigenvalue weighted by atomic mass is 10.1. The van der Waals surface area contributed by atoms with Crippen molar-refractivity contribution in [3.8, 4) is 11.4 Å². The molecule has 0 saturated carbocycles. The monoisotopic (exact) mass is 347 g/mol. The van der Waals surface area contributed by atoms with Crippen molar-refractivity contribution >= 4 is 22.6 Å². The van der Waals surface area contributed by atoms with Gasteiger partial charge < -0.3 is 10.3 Å². The van der Waals surface area contributed by atoms with Gasteiger partial charge in [-0.25, -0.2) is 4.98 Å². The van der Waals surface area contributed by atoms with Gasteiger partial charge in [-0.05, 0) is 35.4 Å². The molecule has 0 aliphatic rings. The first-order chi connectivity index (χ1) is 12.2. The molecule has 25 heavy (non-hydrogen) atoms. The van der Waals surface area contributed by atoms with E-state index in [-0.39, 0.29) is 0 Å². The normalized spacial score (nSPS) is 11.1. The molecule has 3 nitrogen and oxygen atoms in total. The average Bonchev–Trinajstić information content (AvgIpc) is 3.02. The Labute approximate surface area is 151 Å². The van der Waals surface area contributed by atoms with E-state index in [0.29, 0.717) is 6.54 Å². The molecular weight excluding hydrogens is 330 g/mol. The summed E-state index contributed by atoms with van der Waals surface area (Å²) >= 11 is 6.01. The van der Waals surface area contributed by atoms with E-state index in [2.05, 4.69) is 47.0 Å². The minimum atomic E-state index is 0.543. The number of hydrogen-bond acceptors (Lipinski definition) is 2. The van der Waals surface area contributed by atoms with E-state index in [0.717, 1.165) is 39.6 Å². The summed E-state index contributed by atoms with van der Waals surface area (Å²) in [5.41, 5.74) is 11.2. The molecule has 0 spiro atoms. The topological polar surface area (TPSA) is 43.8 Å². The van der Waals surface area contributed by atoms with E-state index in [1.807, 2.05) is 30.3 Å². The molecule has 0 fully saturated rings. The summed E-state index contributed by atoms with van der Waals surface area (Å²) < 4.78 is 2.25. The van der Waals surface area contributed by atoms with Crippen molar-refractivity contribution in [2.75, 3.05) is 0 Å². The van der Waals surface area contributed by atoms with Crippen LogP contribution in [0.4, 0.5) is 0 Å². The molecule has 0 radical (unpaired) electrons. The molecule has 3 aromatic carbocycles. The highest BCUT2D eigenvalue weighted by Gasteiger charge is 2.12. The Morgan fingerprint density at radius 3 is 2.24 bits per heavy atom. The van der Waals surface area contributed by atoms with Crippen molar-refractivity contribution in [2.24, 2.45) is 5.73 Å². The maximum atomic E-state index is 6.01. The number of hydrogen-bond donors (Lipinski definition) is 1. The molecule has 0 amide bonds. The van der Waals surface area contributed by atoms with Crippen LogP contribution < -0.4 is 5.73 Å². The number of nitrogens with two attached hydrogens (primary N) is 1. The summed E-state index contributed by atoms with van der Waals surface area (Å²) in [4.78, 5) is 4.86. The van der Waals surface area contributed by atoms with Gasteiger partial charge in [0.15, 0.2) is 0 Å². The zero-order valence-electron chi connectivity index (χ0n) is 13.7. The highest BCUT2D eigenvalue weighted by molar-refractivity contribution is 6.30. The van der Waals surface area contributed by atoms with E-state index in [9.17, 15) is 0 Å². The second-order valence-corrected chi connectivity index (χ2v) is 6.47. The molecule has 124 valence electrons. The lowest BCUT2D eigenvalue weighted by molar-refractivity contribution is 0.834. The molecule has 4 heteroatoms. The van der Waals surface area contributed by atoms with Crippen LogP contribution in [-0.2, 0) is 13.1 Å². The van der Waals surface area contributed by atoms with Crippen molar-refractivity contribution in [1.29, 1.82) is 0 Å². The maximum Gasteiger partial charge on any atom is 0.141 e. The largest absolute Gasteiger partial charge is 0.326 e. The van der Waals surface area contributed by atoms with Gasteiger partial charge in [0.2, 0.25) is 0 Å². The summed E-state index contributed by atoms with van der Waals surface area (Å²) in [5.74, 6) is 0.958. The summed E-state index contributed by atoms with van der Waals surface area (Å²) in [6.07, 6.45) is 0. The molecule has 2 N–H and O–H groups in total. The van der Waals surface area contributed by atoms with Gasteiger partial charge in [0.25, 0.3) is 0 Å². The van der Waals surface area contributed by atoms with Gasteiger partial charge in [0, 0.05) is 23.7 Å². The third-order valence-corrected chi connectivity index (χ3v) is 4.61. The Kier molecular flexibility index (Phi) is 4.26. The number of aromatic nitrogens is 2. The summed E-state index contributed by atoms with van der Waals surface area (Å²) in [5, 5.41) is 0.747. The van der Waals surface area contributed by atoms with Crippen LogP contribution in [0, 0.1) is 0 Å². The zero-order chi connectivity index (χ0) is 17.2. The van der Waals surface area contributed by atoms with E-state index < -0.39 is 0 Å². The first-order valence-electron chi connectivity index (χ1n) is 8.24. The smallest absolute Gasteiger partial charge is 0.141 e. The number of fused-ring (bicyclic) bond motifs is 1. The number of nitrogens with zero attached hydrogens (tertiary/aromatic N) is 2. The second kappa shape index (κ2) is 6.71. The van der Waals surface area contributed by atoms with Crippen molar-refractivity contribution in [2.45, 2.75) is 13.1 Å². The van der Waals surface area contributed by atoms with Crippen molar-refractivity contribution in [1.82, 2.24) is 9.55 Å². The zero-order valence-corrected chi connectivity index (χ0v) is 14.4. The molecular formula is C21H18ClN3. The van der Waals surface area contributed by atoms with Gasteiger partial charge in [-0.3, -0.25) is 0 Å². The van der Waals surface area contributed by atoms with Crippen LogP contribution in [0.1, 0.15) is 11.1 Å². The number of halogens is 1. The SMILES string of the molecule is NCc1ccc(-c2nc3ccccc3n2Cc2ccc(Cl)cc2)cc1. The number of benzene rings is 3. The van der Waals surface area contributed by atoms with Crippen molar-refractivity contribution in [3.05, 3.63) is 88.9 Å². The van der Waals surface area contributed by atoms with Crippen LogP contribution in [0.2, 0.25) is 5.02 Å². The lowest BCUT2D eigenvalue weighted by Crippen LogP contribution is -2.02. The van der Waals surface area contributed by atoms with E-state index in [4.69, 9.17) is 22.3 Å². The van der Waals surface area contributed by atoms with Crippen LogP contribution >= 0.6 is 11.6 Å². The summed E-state index contributed by atoms with van der Waals surface area (Å²) in [7, 11) is 0. The van der Waals surface area contributed by atoms with Gasteiger partial charge in [-0.2, -0.15) is 0 Å². The molecule has 0 bridgehead atoms. The van der Waals surface area contributed by atoms with E-state index >= 15 is 0 Å². The molecule has 0 unspecified atom stereocenters. The van der Waals surface area contributed by atoms with Gasteiger partial charge in [-0.1, -0.05) is 60.1 Å². The molecule has 1 heterocycles. The molecule has 0 aliphatic heterocycles. The van der Waals surface area contributed by atoms with Crippen LogP contribution in [0.5, 0.6) is 0 Å². The van der Waals surface area contributed by atoms with Crippen LogP contribution in [-0.4, -0.2) is 9.55 Å². The second-order valence-electron chi connectivity index (χ2n) is 6.04. The Balaban J connectivity index is 1.83.